The van der Waals surface area contributed by atoms with Gasteiger partial charge in [0.1, 0.15) is 0 Å². The van der Waals surface area contributed by atoms with Crippen molar-refractivity contribution in [1.29, 1.82) is 0 Å². The molecular weight excluding hydrogens is 262 g/mol. The van der Waals surface area contributed by atoms with Gasteiger partial charge in [0.2, 0.25) is 10.0 Å². The molecule has 1 aliphatic rings. The molecule has 1 aromatic rings. The highest BCUT2D eigenvalue weighted by Crippen LogP contribution is 2.26. The van der Waals surface area contributed by atoms with Crippen molar-refractivity contribution in [2.24, 2.45) is 5.73 Å². The zero-order chi connectivity index (χ0) is 14.1. The van der Waals surface area contributed by atoms with Crippen LogP contribution in [-0.4, -0.2) is 33.6 Å². The number of nitrogens with one attached hydrogen (secondary N) is 1. The van der Waals surface area contributed by atoms with Crippen LogP contribution >= 0.6 is 0 Å². The Balaban J connectivity index is 2.07. The topological polar surface area (TPSA) is 75.4 Å². The molecule has 0 radical (unpaired) electrons. The Kier molecular flexibility index (Phi) is 3.85. The molecule has 0 atom stereocenters. The van der Waals surface area contributed by atoms with Crippen LogP contribution in [0.1, 0.15) is 20.3 Å². The lowest BCUT2D eigenvalue weighted by molar-refractivity contribution is 0.365. The average Bonchev–Trinajstić information content (AvgIpc) is 2.34. The van der Waals surface area contributed by atoms with Crippen LogP contribution in [0, 0.1) is 0 Å². The van der Waals surface area contributed by atoms with Gasteiger partial charge in [-0.1, -0.05) is 6.92 Å². The van der Waals surface area contributed by atoms with Gasteiger partial charge in [-0.3, -0.25) is 0 Å². The Hall–Kier alpha value is -1.11. The van der Waals surface area contributed by atoms with Gasteiger partial charge in [-0.2, -0.15) is 0 Å². The van der Waals surface area contributed by atoms with E-state index in [4.69, 9.17) is 5.73 Å². The molecule has 106 valence electrons. The zero-order valence-electron chi connectivity index (χ0n) is 11.4. The SMILES string of the molecule is CCCNS(=O)(=O)c1ccc(N2CC(C)(N)C2)cc1. The van der Waals surface area contributed by atoms with E-state index in [-0.39, 0.29) is 5.54 Å². The summed E-state index contributed by atoms with van der Waals surface area (Å²) in [6.45, 7) is 6.00. The molecule has 0 spiro atoms. The predicted octanol–water partition coefficient (Wildman–Crippen LogP) is 0.912. The van der Waals surface area contributed by atoms with E-state index >= 15 is 0 Å². The van der Waals surface area contributed by atoms with Crippen molar-refractivity contribution in [3.8, 4) is 0 Å². The van der Waals surface area contributed by atoms with E-state index < -0.39 is 10.0 Å². The maximum absolute atomic E-state index is 11.9. The Bertz CT molecular complexity index is 530. The van der Waals surface area contributed by atoms with Crippen molar-refractivity contribution in [3.05, 3.63) is 24.3 Å². The molecule has 19 heavy (non-hydrogen) atoms. The van der Waals surface area contributed by atoms with Gasteiger partial charge in [0.15, 0.2) is 0 Å². The molecule has 0 bridgehead atoms. The summed E-state index contributed by atoms with van der Waals surface area (Å²) in [5.41, 5.74) is 6.84. The van der Waals surface area contributed by atoms with Crippen molar-refractivity contribution in [3.63, 3.8) is 0 Å². The Morgan fingerprint density at radius 2 is 1.89 bits per heavy atom. The first kappa shape index (κ1) is 14.3. The lowest BCUT2D eigenvalue weighted by Crippen LogP contribution is -2.65. The Morgan fingerprint density at radius 3 is 2.37 bits per heavy atom. The molecule has 3 N–H and O–H groups in total. The van der Waals surface area contributed by atoms with E-state index in [1.54, 1.807) is 12.1 Å². The first-order valence-electron chi connectivity index (χ1n) is 6.48. The van der Waals surface area contributed by atoms with E-state index in [1.165, 1.54) is 0 Å². The molecule has 2 rings (SSSR count). The summed E-state index contributed by atoms with van der Waals surface area (Å²) in [6.07, 6.45) is 0.778. The number of hydrogen-bond donors (Lipinski definition) is 2. The summed E-state index contributed by atoms with van der Waals surface area (Å²) in [7, 11) is -3.37. The van der Waals surface area contributed by atoms with Crippen LogP contribution in [-0.2, 0) is 10.0 Å². The van der Waals surface area contributed by atoms with Crippen molar-refractivity contribution >= 4 is 15.7 Å². The van der Waals surface area contributed by atoms with Crippen LogP contribution < -0.4 is 15.4 Å². The fourth-order valence-corrected chi connectivity index (χ4v) is 3.30. The molecule has 0 aliphatic carbocycles. The summed E-state index contributed by atoms with van der Waals surface area (Å²) in [6, 6.07) is 6.94. The lowest BCUT2D eigenvalue weighted by atomic mass is 9.93. The summed E-state index contributed by atoms with van der Waals surface area (Å²) >= 11 is 0. The number of hydrogen-bond acceptors (Lipinski definition) is 4. The fraction of sp³-hybridized carbons (Fsp3) is 0.538. The number of nitrogens with two attached hydrogens (primary N) is 1. The van der Waals surface area contributed by atoms with Crippen molar-refractivity contribution < 1.29 is 8.42 Å². The van der Waals surface area contributed by atoms with E-state index in [9.17, 15) is 8.42 Å². The van der Waals surface area contributed by atoms with Gasteiger partial charge in [0, 0.05) is 30.9 Å². The molecular formula is C13H21N3O2S. The molecule has 0 aromatic heterocycles. The van der Waals surface area contributed by atoms with Gasteiger partial charge in [0.25, 0.3) is 0 Å². The number of benzene rings is 1. The van der Waals surface area contributed by atoms with E-state index in [1.807, 2.05) is 26.0 Å². The predicted molar refractivity (Wildman–Crippen MR) is 76.7 cm³/mol. The number of rotatable bonds is 5. The normalized spacial score (nSPS) is 18.2. The van der Waals surface area contributed by atoms with E-state index in [2.05, 4.69) is 9.62 Å². The zero-order valence-corrected chi connectivity index (χ0v) is 12.2. The van der Waals surface area contributed by atoms with Gasteiger partial charge < -0.3 is 10.6 Å². The summed E-state index contributed by atoms with van der Waals surface area (Å²) < 4.78 is 26.4. The summed E-state index contributed by atoms with van der Waals surface area (Å²) in [5, 5.41) is 0. The van der Waals surface area contributed by atoms with Crippen LogP contribution in [0.3, 0.4) is 0 Å². The molecule has 0 amide bonds. The number of nitrogens with zero attached hydrogens (tertiary/aromatic N) is 1. The molecule has 0 saturated carbocycles. The second-order valence-electron chi connectivity index (χ2n) is 5.40. The monoisotopic (exact) mass is 283 g/mol. The molecule has 1 aliphatic heterocycles. The number of sulfonamides is 1. The summed E-state index contributed by atoms with van der Waals surface area (Å²) in [5.74, 6) is 0. The van der Waals surface area contributed by atoms with Gasteiger partial charge >= 0.3 is 0 Å². The highest BCUT2D eigenvalue weighted by Gasteiger charge is 2.34. The maximum Gasteiger partial charge on any atom is 0.240 e. The van der Waals surface area contributed by atoms with Crippen molar-refractivity contribution in [1.82, 2.24) is 4.72 Å². The molecule has 6 heteroatoms. The van der Waals surface area contributed by atoms with E-state index in [0.717, 1.165) is 25.2 Å². The smallest absolute Gasteiger partial charge is 0.240 e. The minimum Gasteiger partial charge on any atom is -0.368 e. The Morgan fingerprint density at radius 1 is 1.32 bits per heavy atom. The van der Waals surface area contributed by atoms with Gasteiger partial charge in [0.05, 0.1) is 4.90 Å². The minimum absolute atomic E-state index is 0.132. The first-order valence-corrected chi connectivity index (χ1v) is 7.96. The van der Waals surface area contributed by atoms with Crippen LogP contribution in [0.2, 0.25) is 0 Å². The first-order chi connectivity index (χ1) is 8.84. The average molecular weight is 283 g/mol. The Labute approximate surface area is 114 Å². The number of anilines is 1. The van der Waals surface area contributed by atoms with Crippen LogP contribution in [0.4, 0.5) is 5.69 Å². The molecule has 5 nitrogen and oxygen atoms in total. The minimum atomic E-state index is -3.37. The van der Waals surface area contributed by atoms with E-state index in [0.29, 0.717) is 11.4 Å². The lowest BCUT2D eigenvalue weighted by Gasteiger charge is -2.47. The third-order valence-corrected chi connectivity index (χ3v) is 4.64. The van der Waals surface area contributed by atoms with Crippen LogP contribution in [0.5, 0.6) is 0 Å². The van der Waals surface area contributed by atoms with Crippen molar-refractivity contribution in [2.75, 3.05) is 24.5 Å². The second kappa shape index (κ2) is 5.11. The maximum atomic E-state index is 11.9. The standard InChI is InChI=1S/C13H21N3O2S/c1-3-8-15-19(17,18)12-6-4-11(5-7-12)16-9-13(2,14)10-16/h4-7,15H,3,8-10,14H2,1-2H3. The summed E-state index contributed by atoms with van der Waals surface area (Å²) in [4.78, 5) is 2.44. The quantitative estimate of drug-likeness (QED) is 0.842. The molecule has 1 fully saturated rings. The molecule has 1 aromatic carbocycles. The third-order valence-electron chi connectivity index (χ3n) is 3.16. The van der Waals surface area contributed by atoms with Gasteiger partial charge in [-0.05, 0) is 37.6 Å². The largest absolute Gasteiger partial charge is 0.368 e. The van der Waals surface area contributed by atoms with Gasteiger partial charge in [-0.25, -0.2) is 13.1 Å². The molecule has 1 saturated heterocycles. The second-order valence-corrected chi connectivity index (χ2v) is 7.17. The van der Waals surface area contributed by atoms with Crippen LogP contribution in [0.25, 0.3) is 0 Å². The van der Waals surface area contributed by atoms with Crippen LogP contribution in [0.15, 0.2) is 29.2 Å². The fourth-order valence-electron chi connectivity index (χ4n) is 2.16. The highest BCUT2D eigenvalue weighted by molar-refractivity contribution is 7.89. The molecule has 0 unspecified atom stereocenters. The van der Waals surface area contributed by atoms with Gasteiger partial charge in [-0.15, -0.1) is 0 Å². The van der Waals surface area contributed by atoms with Crippen molar-refractivity contribution in [2.45, 2.75) is 30.7 Å². The highest BCUT2D eigenvalue weighted by atomic mass is 32.2. The molecule has 1 heterocycles. The third kappa shape index (κ3) is 3.26.